The zero-order chi connectivity index (χ0) is 18.2. The van der Waals surface area contributed by atoms with Gasteiger partial charge in [-0.3, -0.25) is 14.4 Å². The van der Waals surface area contributed by atoms with Crippen molar-refractivity contribution < 1.29 is 9.90 Å². The molecule has 1 aromatic rings. The molecule has 2 aliphatic rings. The van der Waals surface area contributed by atoms with Gasteiger partial charge in [-0.05, 0) is 31.6 Å². The average molecular weight is 348 g/mol. The van der Waals surface area contributed by atoms with Crippen molar-refractivity contribution in [2.45, 2.75) is 70.5 Å². The standard InChI is InChI=1S/C19H32N4O2/c1-19(2,3)18-14(11-22(4)21-18)9-20-15-7-16(8-15)23(12-17(24)25)10-13-5-6-13/h11,13,15-16,20H,5-10,12H2,1-4H3,(H,24,25). The van der Waals surface area contributed by atoms with Crippen LogP contribution in [0.15, 0.2) is 6.20 Å². The maximum atomic E-state index is 11.1. The average Bonchev–Trinajstić information content (AvgIpc) is 3.16. The number of aromatic nitrogens is 2. The van der Waals surface area contributed by atoms with Crippen molar-refractivity contribution >= 4 is 5.97 Å². The van der Waals surface area contributed by atoms with Crippen LogP contribution in [0.5, 0.6) is 0 Å². The molecule has 0 radical (unpaired) electrons. The Hall–Kier alpha value is -1.40. The molecule has 0 saturated heterocycles. The van der Waals surface area contributed by atoms with E-state index in [9.17, 15) is 4.79 Å². The fourth-order valence-electron chi connectivity index (χ4n) is 3.75. The number of nitrogens with zero attached hydrogens (tertiary/aromatic N) is 3. The van der Waals surface area contributed by atoms with Crippen molar-refractivity contribution in [1.29, 1.82) is 0 Å². The number of rotatable bonds is 8. The van der Waals surface area contributed by atoms with E-state index in [2.05, 4.69) is 42.3 Å². The Morgan fingerprint density at radius 3 is 2.64 bits per heavy atom. The lowest BCUT2D eigenvalue weighted by molar-refractivity contribution is -0.139. The molecule has 0 amide bonds. The van der Waals surface area contributed by atoms with Crippen LogP contribution in [0.2, 0.25) is 0 Å². The highest BCUT2D eigenvalue weighted by atomic mass is 16.4. The molecule has 0 atom stereocenters. The summed E-state index contributed by atoms with van der Waals surface area (Å²) >= 11 is 0. The smallest absolute Gasteiger partial charge is 0.317 e. The minimum absolute atomic E-state index is 0.0446. The van der Waals surface area contributed by atoms with Crippen LogP contribution in [0.25, 0.3) is 0 Å². The van der Waals surface area contributed by atoms with Gasteiger partial charge in [-0.15, -0.1) is 0 Å². The monoisotopic (exact) mass is 348 g/mol. The van der Waals surface area contributed by atoms with Crippen molar-refractivity contribution in [3.8, 4) is 0 Å². The van der Waals surface area contributed by atoms with Crippen LogP contribution in [0.1, 0.15) is 57.7 Å². The van der Waals surface area contributed by atoms with Crippen LogP contribution < -0.4 is 5.32 Å². The van der Waals surface area contributed by atoms with E-state index in [0.717, 1.165) is 37.5 Å². The summed E-state index contributed by atoms with van der Waals surface area (Å²) in [6.07, 6.45) is 6.73. The molecule has 0 spiro atoms. The van der Waals surface area contributed by atoms with E-state index < -0.39 is 5.97 Å². The number of nitrogens with one attached hydrogen (secondary N) is 1. The molecule has 140 valence electrons. The Labute approximate surface area is 150 Å². The number of aryl methyl sites for hydroxylation is 1. The SMILES string of the molecule is Cn1cc(CNC2CC(N(CC(=O)O)CC3CC3)C2)c(C(C)(C)C)n1. The molecule has 2 fully saturated rings. The molecule has 3 rings (SSSR count). The van der Waals surface area contributed by atoms with Crippen molar-refractivity contribution in [2.75, 3.05) is 13.1 Å². The van der Waals surface area contributed by atoms with Gasteiger partial charge in [0.05, 0.1) is 12.2 Å². The zero-order valence-corrected chi connectivity index (χ0v) is 16.0. The summed E-state index contributed by atoms with van der Waals surface area (Å²) in [5, 5.41) is 17.4. The normalized spacial score (nSPS) is 23.7. The molecule has 2 saturated carbocycles. The van der Waals surface area contributed by atoms with Crippen LogP contribution in [0.3, 0.4) is 0 Å². The largest absolute Gasteiger partial charge is 0.480 e. The van der Waals surface area contributed by atoms with Gasteiger partial charge < -0.3 is 10.4 Å². The van der Waals surface area contributed by atoms with Gasteiger partial charge in [-0.1, -0.05) is 20.8 Å². The first kappa shape index (κ1) is 18.4. The fraction of sp³-hybridized carbons (Fsp3) is 0.789. The maximum absolute atomic E-state index is 11.1. The first-order valence-electron chi connectivity index (χ1n) is 9.44. The lowest BCUT2D eigenvalue weighted by Crippen LogP contribution is -2.54. The number of hydrogen-bond donors (Lipinski definition) is 2. The minimum Gasteiger partial charge on any atom is -0.480 e. The van der Waals surface area contributed by atoms with Crippen LogP contribution >= 0.6 is 0 Å². The highest BCUT2D eigenvalue weighted by Crippen LogP contribution is 2.34. The lowest BCUT2D eigenvalue weighted by Gasteiger charge is -2.43. The summed E-state index contributed by atoms with van der Waals surface area (Å²) in [5.41, 5.74) is 2.46. The molecule has 6 nitrogen and oxygen atoms in total. The second-order valence-electron chi connectivity index (χ2n) is 8.90. The topological polar surface area (TPSA) is 70.4 Å². The number of carboxylic acids is 1. The quantitative estimate of drug-likeness (QED) is 0.753. The Morgan fingerprint density at radius 1 is 1.40 bits per heavy atom. The first-order valence-corrected chi connectivity index (χ1v) is 9.44. The molecule has 1 aromatic heterocycles. The van der Waals surface area contributed by atoms with Crippen molar-refractivity contribution in [3.05, 3.63) is 17.5 Å². The highest BCUT2D eigenvalue weighted by Gasteiger charge is 2.37. The van der Waals surface area contributed by atoms with Crippen LogP contribution in [-0.4, -0.2) is 50.9 Å². The van der Waals surface area contributed by atoms with Gasteiger partial charge in [0, 0.05) is 49.4 Å². The van der Waals surface area contributed by atoms with E-state index in [-0.39, 0.29) is 12.0 Å². The number of carboxylic acid groups (broad SMARTS) is 1. The van der Waals surface area contributed by atoms with Gasteiger partial charge in [-0.25, -0.2) is 0 Å². The van der Waals surface area contributed by atoms with Gasteiger partial charge in [0.15, 0.2) is 0 Å². The van der Waals surface area contributed by atoms with Gasteiger partial charge in [0.2, 0.25) is 0 Å². The van der Waals surface area contributed by atoms with Crippen LogP contribution in [0.4, 0.5) is 0 Å². The first-order chi connectivity index (χ1) is 11.7. The zero-order valence-electron chi connectivity index (χ0n) is 16.0. The van der Waals surface area contributed by atoms with Gasteiger partial charge in [0.1, 0.15) is 0 Å². The third-order valence-electron chi connectivity index (χ3n) is 5.35. The Bertz CT molecular complexity index is 609. The Kier molecular flexibility index (Phi) is 5.21. The minimum atomic E-state index is -0.706. The van der Waals surface area contributed by atoms with Crippen LogP contribution in [-0.2, 0) is 23.8 Å². The lowest BCUT2D eigenvalue weighted by atomic mass is 9.84. The van der Waals surface area contributed by atoms with E-state index >= 15 is 0 Å². The molecule has 0 aromatic carbocycles. The highest BCUT2D eigenvalue weighted by molar-refractivity contribution is 5.69. The number of aliphatic carboxylic acids is 1. The van der Waals surface area contributed by atoms with Gasteiger partial charge >= 0.3 is 5.97 Å². The third kappa shape index (κ3) is 4.82. The molecule has 6 heteroatoms. The Balaban J connectivity index is 1.49. The van der Waals surface area contributed by atoms with E-state index in [4.69, 9.17) is 5.11 Å². The van der Waals surface area contributed by atoms with E-state index in [1.165, 1.54) is 18.4 Å². The predicted molar refractivity (Wildman–Crippen MR) is 97.5 cm³/mol. The van der Waals surface area contributed by atoms with Crippen LogP contribution in [0, 0.1) is 5.92 Å². The summed E-state index contributed by atoms with van der Waals surface area (Å²) in [4.78, 5) is 13.3. The summed E-state index contributed by atoms with van der Waals surface area (Å²) in [6.45, 7) is 8.56. The van der Waals surface area contributed by atoms with E-state index in [1.54, 1.807) is 0 Å². The van der Waals surface area contributed by atoms with Gasteiger partial charge in [0.25, 0.3) is 0 Å². The van der Waals surface area contributed by atoms with Crippen molar-refractivity contribution in [3.63, 3.8) is 0 Å². The molecule has 25 heavy (non-hydrogen) atoms. The van der Waals surface area contributed by atoms with Crippen molar-refractivity contribution in [2.24, 2.45) is 13.0 Å². The predicted octanol–water partition coefficient (Wildman–Crippen LogP) is 2.13. The summed E-state index contributed by atoms with van der Waals surface area (Å²) in [6, 6.07) is 0.902. The molecule has 0 unspecified atom stereocenters. The van der Waals surface area contributed by atoms with Crippen molar-refractivity contribution in [1.82, 2.24) is 20.0 Å². The summed E-state index contributed by atoms with van der Waals surface area (Å²) < 4.78 is 1.89. The molecule has 0 aliphatic heterocycles. The second kappa shape index (κ2) is 7.08. The second-order valence-corrected chi connectivity index (χ2v) is 8.90. The fourth-order valence-corrected chi connectivity index (χ4v) is 3.75. The summed E-state index contributed by atoms with van der Waals surface area (Å²) in [5.74, 6) is 0.0262. The number of hydrogen-bond acceptors (Lipinski definition) is 4. The third-order valence-corrected chi connectivity index (χ3v) is 5.35. The van der Waals surface area contributed by atoms with E-state index in [0.29, 0.717) is 12.1 Å². The Morgan fingerprint density at radius 2 is 2.08 bits per heavy atom. The molecule has 2 aliphatic carbocycles. The molecular formula is C19H32N4O2. The molecule has 0 bridgehead atoms. The molecule has 2 N–H and O–H groups in total. The maximum Gasteiger partial charge on any atom is 0.317 e. The molecule has 1 heterocycles. The summed E-state index contributed by atoms with van der Waals surface area (Å²) in [7, 11) is 1.97. The molecular weight excluding hydrogens is 316 g/mol. The van der Waals surface area contributed by atoms with Gasteiger partial charge in [-0.2, -0.15) is 5.10 Å². The number of carbonyl (C=O) groups is 1. The van der Waals surface area contributed by atoms with E-state index in [1.807, 2.05) is 11.7 Å².